The minimum atomic E-state index is 0.0180. The van der Waals surface area contributed by atoms with Gasteiger partial charge in [-0.3, -0.25) is 4.79 Å². The fourth-order valence-corrected chi connectivity index (χ4v) is 2.69. The molecule has 1 amide bonds. The van der Waals surface area contributed by atoms with Crippen molar-refractivity contribution in [3.05, 3.63) is 30.3 Å². The van der Waals surface area contributed by atoms with Crippen LogP contribution in [0, 0.1) is 0 Å². The summed E-state index contributed by atoms with van der Waals surface area (Å²) in [6.07, 6.45) is 0. The fraction of sp³-hybridized carbons (Fsp3) is 0.357. The smallest absolute Gasteiger partial charge is 0.230 e. The van der Waals surface area contributed by atoms with Gasteiger partial charge in [0.2, 0.25) is 5.91 Å². The van der Waals surface area contributed by atoms with Crippen LogP contribution in [-0.4, -0.2) is 33.0 Å². The molecule has 5 nitrogen and oxygen atoms in total. The highest BCUT2D eigenvalue weighted by Gasteiger charge is 2.13. The lowest BCUT2D eigenvalue weighted by atomic mass is 10.2. The Balaban J connectivity index is 2.16. The number of hydrogen-bond donors (Lipinski definition) is 1. The summed E-state index contributed by atoms with van der Waals surface area (Å²) in [6, 6.07) is 9.95. The molecule has 0 saturated heterocycles. The number of benzene rings is 1. The van der Waals surface area contributed by atoms with Crippen molar-refractivity contribution in [3.63, 3.8) is 0 Å². The lowest BCUT2D eigenvalue weighted by molar-refractivity contribution is -0.118. The molecule has 0 aliphatic heterocycles. The van der Waals surface area contributed by atoms with Crippen molar-refractivity contribution in [3.8, 4) is 11.4 Å². The maximum atomic E-state index is 11.5. The van der Waals surface area contributed by atoms with Gasteiger partial charge in [-0.1, -0.05) is 42.1 Å². The monoisotopic (exact) mass is 290 g/mol. The summed E-state index contributed by atoms with van der Waals surface area (Å²) < 4.78 is 2.03. The molecule has 1 aromatic heterocycles. The number of hydrogen-bond acceptors (Lipinski definition) is 4. The first kappa shape index (κ1) is 14.6. The van der Waals surface area contributed by atoms with Crippen LogP contribution in [0.25, 0.3) is 11.4 Å². The molecule has 2 rings (SSSR count). The Labute approximate surface area is 122 Å². The predicted molar refractivity (Wildman–Crippen MR) is 80.5 cm³/mol. The molecule has 0 aliphatic carbocycles. The van der Waals surface area contributed by atoms with Crippen molar-refractivity contribution in [2.24, 2.45) is 0 Å². The summed E-state index contributed by atoms with van der Waals surface area (Å²) in [5.41, 5.74) is 1.03. The van der Waals surface area contributed by atoms with Crippen LogP contribution in [-0.2, 0) is 11.3 Å². The molecule has 1 N–H and O–H groups in total. The topological polar surface area (TPSA) is 59.8 Å². The van der Waals surface area contributed by atoms with E-state index in [9.17, 15) is 4.79 Å². The van der Waals surface area contributed by atoms with Crippen LogP contribution in [0.4, 0.5) is 0 Å². The van der Waals surface area contributed by atoms with Gasteiger partial charge in [0.25, 0.3) is 0 Å². The van der Waals surface area contributed by atoms with E-state index >= 15 is 0 Å². The van der Waals surface area contributed by atoms with E-state index in [2.05, 4.69) is 15.5 Å². The molecule has 0 radical (unpaired) electrons. The van der Waals surface area contributed by atoms with Crippen molar-refractivity contribution < 1.29 is 4.79 Å². The Morgan fingerprint density at radius 2 is 2.00 bits per heavy atom. The van der Waals surface area contributed by atoms with Crippen LogP contribution in [0.5, 0.6) is 0 Å². The maximum absolute atomic E-state index is 11.5. The van der Waals surface area contributed by atoms with E-state index in [4.69, 9.17) is 0 Å². The predicted octanol–water partition coefficient (Wildman–Crippen LogP) is 2.19. The highest BCUT2D eigenvalue weighted by molar-refractivity contribution is 7.99. The molecular weight excluding hydrogens is 272 g/mol. The summed E-state index contributed by atoms with van der Waals surface area (Å²) in [5.74, 6) is 1.22. The number of carbonyl (C=O) groups is 1. The highest BCUT2D eigenvalue weighted by atomic mass is 32.2. The van der Waals surface area contributed by atoms with Crippen LogP contribution in [0.2, 0.25) is 0 Å². The molecule has 0 spiro atoms. The average Bonchev–Trinajstić information content (AvgIpc) is 2.89. The van der Waals surface area contributed by atoms with Gasteiger partial charge in [-0.25, -0.2) is 0 Å². The Morgan fingerprint density at radius 1 is 1.25 bits per heavy atom. The maximum Gasteiger partial charge on any atom is 0.230 e. The van der Waals surface area contributed by atoms with Crippen LogP contribution in [0.15, 0.2) is 35.5 Å². The van der Waals surface area contributed by atoms with E-state index in [-0.39, 0.29) is 5.91 Å². The first-order valence-electron chi connectivity index (χ1n) is 6.64. The third-order valence-electron chi connectivity index (χ3n) is 2.77. The van der Waals surface area contributed by atoms with Crippen molar-refractivity contribution in [2.45, 2.75) is 25.5 Å². The normalized spacial score (nSPS) is 10.5. The third-order valence-corrected chi connectivity index (χ3v) is 3.74. The minimum Gasteiger partial charge on any atom is -0.356 e. The van der Waals surface area contributed by atoms with Gasteiger partial charge in [0, 0.05) is 18.7 Å². The summed E-state index contributed by atoms with van der Waals surface area (Å²) in [5, 5.41) is 12.0. The Hall–Kier alpha value is -1.82. The second-order valence-corrected chi connectivity index (χ2v) is 5.10. The summed E-state index contributed by atoms with van der Waals surface area (Å²) in [6.45, 7) is 5.38. The van der Waals surface area contributed by atoms with Gasteiger partial charge >= 0.3 is 0 Å². The average molecular weight is 290 g/mol. The number of rotatable bonds is 6. The van der Waals surface area contributed by atoms with Gasteiger partial charge in [0.15, 0.2) is 11.0 Å². The molecule has 20 heavy (non-hydrogen) atoms. The first-order chi connectivity index (χ1) is 9.76. The molecular formula is C14H18N4OS. The molecule has 0 fully saturated rings. The molecule has 0 bridgehead atoms. The lowest BCUT2D eigenvalue weighted by Gasteiger charge is -2.07. The van der Waals surface area contributed by atoms with Crippen molar-refractivity contribution >= 4 is 17.7 Å². The van der Waals surface area contributed by atoms with Crippen LogP contribution >= 0.6 is 11.8 Å². The highest BCUT2D eigenvalue weighted by Crippen LogP contribution is 2.23. The fourth-order valence-electron chi connectivity index (χ4n) is 1.86. The van der Waals surface area contributed by atoms with Gasteiger partial charge in [-0.15, -0.1) is 10.2 Å². The first-order valence-corrected chi connectivity index (χ1v) is 7.63. The number of aromatic nitrogens is 3. The Morgan fingerprint density at radius 3 is 2.65 bits per heavy atom. The molecule has 106 valence electrons. The van der Waals surface area contributed by atoms with Crippen LogP contribution in [0.3, 0.4) is 0 Å². The van der Waals surface area contributed by atoms with E-state index in [0.717, 1.165) is 23.1 Å². The zero-order valence-corrected chi connectivity index (χ0v) is 12.5. The van der Waals surface area contributed by atoms with E-state index in [1.165, 1.54) is 11.8 Å². The SMILES string of the molecule is CCNC(=O)CSc1nnc(-c2ccccc2)n1CC. The quantitative estimate of drug-likeness (QED) is 0.829. The summed E-state index contributed by atoms with van der Waals surface area (Å²) >= 11 is 1.41. The minimum absolute atomic E-state index is 0.0180. The van der Waals surface area contributed by atoms with Crippen molar-refractivity contribution in [1.82, 2.24) is 20.1 Å². The zero-order valence-electron chi connectivity index (χ0n) is 11.7. The molecule has 0 aliphatic rings. The molecule has 0 unspecified atom stereocenters. The van der Waals surface area contributed by atoms with Gasteiger partial charge in [-0.2, -0.15) is 0 Å². The molecule has 0 atom stereocenters. The van der Waals surface area contributed by atoms with Crippen LogP contribution in [0.1, 0.15) is 13.8 Å². The molecule has 2 aromatic rings. The number of amides is 1. The largest absolute Gasteiger partial charge is 0.356 e. The molecule has 1 aromatic carbocycles. The van der Waals surface area contributed by atoms with E-state index in [0.29, 0.717) is 12.3 Å². The van der Waals surface area contributed by atoms with Gasteiger partial charge in [0.05, 0.1) is 5.75 Å². The number of thioether (sulfide) groups is 1. The zero-order chi connectivity index (χ0) is 14.4. The Kier molecular flexibility index (Phi) is 5.17. The van der Waals surface area contributed by atoms with E-state index < -0.39 is 0 Å². The summed E-state index contributed by atoms with van der Waals surface area (Å²) in [7, 11) is 0. The number of carbonyl (C=O) groups excluding carboxylic acids is 1. The lowest BCUT2D eigenvalue weighted by Crippen LogP contribution is -2.24. The van der Waals surface area contributed by atoms with Gasteiger partial charge in [-0.05, 0) is 13.8 Å². The number of nitrogens with zero attached hydrogens (tertiary/aromatic N) is 3. The summed E-state index contributed by atoms with van der Waals surface area (Å²) in [4.78, 5) is 11.5. The molecule has 0 saturated carbocycles. The van der Waals surface area contributed by atoms with Crippen molar-refractivity contribution in [1.29, 1.82) is 0 Å². The van der Waals surface area contributed by atoms with Gasteiger partial charge in [0.1, 0.15) is 0 Å². The Bertz CT molecular complexity index is 568. The van der Waals surface area contributed by atoms with E-state index in [1.807, 2.05) is 48.7 Å². The second kappa shape index (κ2) is 7.09. The van der Waals surface area contributed by atoms with Crippen LogP contribution < -0.4 is 5.32 Å². The number of nitrogens with one attached hydrogen (secondary N) is 1. The van der Waals surface area contributed by atoms with Crippen molar-refractivity contribution in [2.75, 3.05) is 12.3 Å². The third kappa shape index (κ3) is 3.39. The standard InChI is InChI=1S/C14H18N4OS/c1-3-15-12(19)10-20-14-17-16-13(18(14)4-2)11-8-6-5-7-9-11/h5-9H,3-4,10H2,1-2H3,(H,15,19). The van der Waals surface area contributed by atoms with E-state index in [1.54, 1.807) is 0 Å². The molecule has 1 heterocycles. The van der Waals surface area contributed by atoms with Gasteiger partial charge < -0.3 is 9.88 Å². The second-order valence-electron chi connectivity index (χ2n) is 4.16. The molecule has 6 heteroatoms.